The maximum absolute atomic E-state index is 11.9. The van der Waals surface area contributed by atoms with E-state index >= 15 is 0 Å². The number of esters is 1. The lowest BCUT2D eigenvalue weighted by atomic mass is 10.1. The molecule has 0 saturated heterocycles. The summed E-state index contributed by atoms with van der Waals surface area (Å²) in [5, 5.41) is 4.58. The highest BCUT2D eigenvalue weighted by Crippen LogP contribution is 2.27. The summed E-state index contributed by atoms with van der Waals surface area (Å²) in [7, 11) is 3.87. The van der Waals surface area contributed by atoms with E-state index in [2.05, 4.69) is 9.99 Å². The van der Waals surface area contributed by atoms with Crippen LogP contribution in [0.25, 0.3) is 6.08 Å². The molecule has 1 aliphatic heterocycles. The Balaban J connectivity index is 2.15. The minimum atomic E-state index is -0.637. The third-order valence-electron chi connectivity index (χ3n) is 2.96. The summed E-state index contributed by atoms with van der Waals surface area (Å²) < 4.78 is 5.08. The van der Waals surface area contributed by atoms with Crippen molar-refractivity contribution in [3.63, 3.8) is 0 Å². The molecule has 0 saturated carbocycles. The van der Waals surface area contributed by atoms with Gasteiger partial charge in [-0.2, -0.15) is 0 Å². The van der Waals surface area contributed by atoms with E-state index in [0.717, 1.165) is 22.7 Å². The fourth-order valence-corrected chi connectivity index (χ4v) is 2.61. The number of hydrogen-bond donors (Lipinski definition) is 0. The monoisotopic (exact) mass is 322 g/mol. The summed E-state index contributed by atoms with van der Waals surface area (Å²) in [5.74, 6) is -1.27. The Hall–Kier alpha value is -2.15. The third-order valence-corrected chi connectivity index (χ3v) is 4.16. The van der Waals surface area contributed by atoms with Crippen LogP contribution >= 0.6 is 11.3 Å². The second kappa shape index (κ2) is 7.22. The maximum Gasteiger partial charge on any atom is 0.368 e. The molecule has 0 fully saturated rings. The normalized spacial score (nSPS) is 15.7. The molecule has 2 heterocycles. The molecule has 1 aromatic heterocycles. The summed E-state index contributed by atoms with van der Waals surface area (Å²) in [6.45, 7) is 2.30. The Bertz CT molecular complexity index is 631. The molecule has 7 heteroatoms. The fourth-order valence-electron chi connectivity index (χ4n) is 1.74. The van der Waals surface area contributed by atoms with Crippen LogP contribution in [0.15, 0.2) is 22.9 Å². The number of hydrogen-bond acceptors (Lipinski definition) is 7. The van der Waals surface area contributed by atoms with Crippen LogP contribution in [0.3, 0.4) is 0 Å². The highest BCUT2D eigenvalue weighted by atomic mass is 32.1. The molecule has 1 aliphatic rings. The minimum Gasteiger partial charge on any atom is -0.461 e. The zero-order valence-corrected chi connectivity index (χ0v) is 13.6. The lowest BCUT2D eigenvalue weighted by molar-refractivity contribution is -0.137. The van der Waals surface area contributed by atoms with Crippen molar-refractivity contribution in [1.82, 2.24) is 0 Å². The lowest BCUT2D eigenvalue weighted by Crippen LogP contribution is -2.20. The quantitative estimate of drug-likeness (QED) is 0.348. The molecular formula is C15H18N2O4S. The summed E-state index contributed by atoms with van der Waals surface area (Å²) in [6, 6.07) is 3.81. The first kappa shape index (κ1) is 16.2. The van der Waals surface area contributed by atoms with Crippen LogP contribution in [-0.2, 0) is 19.2 Å². The highest BCUT2D eigenvalue weighted by molar-refractivity contribution is 7.17. The van der Waals surface area contributed by atoms with Gasteiger partial charge in [0.15, 0.2) is 0 Å². The largest absolute Gasteiger partial charge is 0.461 e. The number of carbonyl (C=O) groups is 2. The van der Waals surface area contributed by atoms with Crippen molar-refractivity contribution < 1.29 is 19.2 Å². The van der Waals surface area contributed by atoms with Gasteiger partial charge in [0.25, 0.3) is 0 Å². The van der Waals surface area contributed by atoms with Crippen molar-refractivity contribution in [3.05, 3.63) is 22.6 Å². The van der Waals surface area contributed by atoms with Gasteiger partial charge in [-0.3, -0.25) is 0 Å². The smallest absolute Gasteiger partial charge is 0.368 e. The van der Waals surface area contributed by atoms with E-state index < -0.39 is 11.9 Å². The van der Waals surface area contributed by atoms with Crippen LogP contribution in [-0.4, -0.2) is 38.4 Å². The Kier molecular flexibility index (Phi) is 5.32. The van der Waals surface area contributed by atoms with Gasteiger partial charge in [-0.25, -0.2) is 9.59 Å². The van der Waals surface area contributed by atoms with Gasteiger partial charge in [0.2, 0.25) is 5.71 Å². The molecule has 0 bridgehead atoms. The van der Waals surface area contributed by atoms with Crippen molar-refractivity contribution >= 4 is 40.1 Å². The molecule has 0 aromatic carbocycles. The number of nitrogens with zero attached hydrogens (tertiary/aromatic N) is 2. The van der Waals surface area contributed by atoms with E-state index in [-0.39, 0.29) is 11.3 Å². The van der Waals surface area contributed by atoms with Crippen LogP contribution in [0.1, 0.15) is 24.6 Å². The minimum absolute atomic E-state index is 0.0686. The van der Waals surface area contributed by atoms with Crippen LogP contribution in [0, 0.1) is 0 Å². The molecule has 118 valence electrons. The van der Waals surface area contributed by atoms with Gasteiger partial charge in [-0.15, -0.1) is 11.3 Å². The SMILES string of the molecule is CCCCOC(=O)C1=NOC(=O)C1=Cc1ccc(N(C)C)s1. The average molecular weight is 322 g/mol. The van der Waals surface area contributed by atoms with Gasteiger partial charge in [-0.05, 0) is 24.6 Å². The van der Waals surface area contributed by atoms with E-state index in [1.807, 2.05) is 38.1 Å². The van der Waals surface area contributed by atoms with E-state index in [4.69, 9.17) is 4.74 Å². The summed E-state index contributed by atoms with van der Waals surface area (Å²) in [5.41, 5.74) is 0.0644. The Morgan fingerprint density at radius 3 is 2.86 bits per heavy atom. The van der Waals surface area contributed by atoms with Crippen molar-refractivity contribution in [1.29, 1.82) is 0 Å². The van der Waals surface area contributed by atoms with E-state index in [0.29, 0.717) is 6.61 Å². The second-order valence-corrected chi connectivity index (χ2v) is 6.03. The van der Waals surface area contributed by atoms with Gasteiger partial charge in [0, 0.05) is 19.0 Å². The van der Waals surface area contributed by atoms with Crippen molar-refractivity contribution in [2.75, 3.05) is 25.6 Å². The first-order chi connectivity index (χ1) is 10.5. The second-order valence-electron chi connectivity index (χ2n) is 4.94. The maximum atomic E-state index is 11.9. The highest BCUT2D eigenvalue weighted by Gasteiger charge is 2.32. The zero-order chi connectivity index (χ0) is 16.1. The molecule has 22 heavy (non-hydrogen) atoms. The molecular weight excluding hydrogens is 304 g/mol. The Labute approximate surface area is 133 Å². The number of thiophene rings is 1. The standard InChI is InChI=1S/C15H18N2O4S/c1-4-5-8-20-15(19)13-11(14(18)21-16-13)9-10-6-7-12(22-10)17(2)3/h6-7,9H,4-5,8H2,1-3H3. The summed E-state index contributed by atoms with van der Waals surface area (Å²) in [4.78, 5) is 31.1. The van der Waals surface area contributed by atoms with Crippen LogP contribution in [0.2, 0.25) is 0 Å². The molecule has 6 nitrogen and oxygen atoms in total. The topological polar surface area (TPSA) is 68.2 Å². The number of oxime groups is 1. The van der Waals surface area contributed by atoms with Crippen molar-refractivity contribution in [2.24, 2.45) is 5.16 Å². The number of unbranched alkanes of at least 4 members (excludes halogenated alkanes) is 1. The van der Waals surface area contributed by atoms with Crippen LogP contribution < -0.4 is 4.90 Å². The fraction of sp³-hybridized carbons (Fsp3) is 0.400. The zero-order valence-electron chi connectivity index (χ0n) is 12.8. The first-order valence-corrected chi connectivity index (χ1v) is 7.80. The van der Waals surface area contributed by atoms with E-state index in [1.54, 1.807) is 6.08 Å². The summed E-state index contributed by atoms with van der Waals surface area (Å²) in [6.07, 6.45) is 3.29. The number of rotatable bonds is 6. The number of anilines is 1. The van der Waals surface area contributed by atoms with Crippen LogP contribution in [0.4, 0.5) is 5.00 Å². The molecule has 0 amide bonds. The third kappa shape index (κ3) is 3.73. The number of ether oxygens (including phenoxy) is 1. The molecule has 2 rings (SSSR count). The first-order valence-electron chi connectivity index (χ1n) is 6.98. The number of carbonyl (C=O) groups excluding carboxylic acids is 2. The molecule has 0 unspecified atom stereocenters. The molecule has 1 aromatic rings. The summed E-state index contributed by atoms with van der Waals surface area (Å²) >= 11 is 1.50. The van der Waals surface area contributed by atoms with Gasteiger partial charge >= 0.3 is 11.9 Å². The Morgan fingerprint density at radius 2 is 2.23 bits per heavy atom. The Morgan fingerprint density at radius 1 is 1.45 bits per heavy atom. The van der Waals surface area contributed by atoms with E-state index in [9.17, 15) is 9.59 Å². The van der Waals surface area contributed by atoms with Gasteiger partial charge in [0.1, 0.15) is 5.57 Å². The van der Waals surface area contributed by atoms with E-state index in [1.165, 1.54) is 11.3 Å². The molecule has 0 N–H and O–H groups in total. The lowest BCUT2D eigenvalue weighted by Gasteiger charge is -2.06. The van der Waals surface area contributed by atoms with Crippen molar-refractivity contribution in [3.8, 4) is 0 Å². The predicted molar refractivity (Wildman–Crippen MR) is 86.0 cm³/mol. The molecule has 0 atom stereocenters. The molecule has 0 spiro atoms. The van der Waals surface area contributed by atoms with Gasteiger partial charge in [-0.1, -0.05) is 18.5 Å². The van der Waals surface area contributed by atoms with Gasteiger partial charge in [0.05, 0.1) is 11.6 Å². The average Bonchev–Trinajstić information content (AvgIpc) is 3.08. The van der Waals surface area contributed by atoms with Gasteiger partial charge < -0.3 is 14.5 Å². The molecule has 0 aliphatic carbocycles. The van der Waals surface area contributed by atoms with Crippen LogP contribution in [0.5, 0.6) is 0 Å². The molecule has 0 radical (unpaired) electrons. The predicted octanol–water partition coefficient (Wildman–Crippen LogP) is 2.45. The van der Waals surface area contributed by atoms with Crippen molar-refractivity contribution in [2.45, 2.75) is 19.8 Å².